The number of nitrogens with zero attached hydrogens (tertiary/aromatic N) is 3. The minimum absolute atomic E-state index is 0.706. The number of para-hydroxylation sites is 3. The zero-order valence-electron chi connectivity index (χ0n) is 23.4. The van der Waals surface area contributed by atoms with Crippen LogP contribution in [0.5, 0.6) is 0 Å². The number of hydrogen-bond acceptors (Lipinski definition) is 3. The lowest BCUT2D eigenvalue weighted by Crippen LogP contribution is -2.10. The topological polar surface area (TPSA) is 29.0 Å². The van der Waals surface area contributed by atoms with Crippen LogP contribution in [0.3, 0.4) is 0 Å². The van der Waals surface area contributed by atoms with Crippen molar-refractivity contribution in [2.45, 2.75) is 0 Å². The van der Waals surface area contributed by atoms with Gasteiger partial charge in [-0.15, -0.1) is 0 Å². The molecule has 1 aromatic heterocycles. The van der Waals surface area contributed by atoms with Gasteiger partial charge in [-0.05, 0) is 47.5 Å². The fraction of sp³-hybridized carbons (Fsp3) is 0. The fourth-order valence-electron chi connectivity index (χ4n) is 6.01. The van der Waals surface area contributed by atoms with Crippen molar-refractivity contribution < 1.29 is 0 Å². The summed E-state index contributed by atoms with van der Waals surface area (Å²) in [5, 5.41) is 0. The molecule has 2 heterocycles. The van der Waals surface area contributed by atoms with Crippen LogP contribution in [0.4, 0.5) is 17.1 Å². The molecule has 0 saturated carbocycles. The first-order valence-corrected chi connectivity index (χ1v) is 14.5. The summed E-state index contributed by atoms with van der Waals surface area (Å²) in [4.78, 5) is 12.6. The van der Waals surface area contributed by atoms with Crippen molar-refractivity contribution in [3.63, 3.8) is 0 Å². The minimum Gasteiger partial charge on any atom is -0.309 e. The number of aromatic nitrogens is 2. The van der Waals surface area contributed by atoms with E-state index in [0.717, 1.165) is 50.7 Å². The van der Waals surface area contributed by atoms with Gasteiger partial charge < -0.3 is 4.90 Å². The zero-order chi connectivity index (χ0) is 28.6. The molecule has 0 atom stereocenters. The Bertz CT molecular complexity index is 2010. The van der Waals surface area contributed by atoms with Crippen molar-refractivity contribution in [3.05, 3.63) is 164 Å². The minimum atomic E-state index is 0.706. The van der Waals surface area contributed by atoms with Gasteiger partial charge in [-0.25, -0.2) is 9.97 Å². The Morgan fingerprint density at radius 1 is 0.349 bits per heavy atom. The highest BCUT2D eigenvalue weighted by Crippen LogP contribution is 2.51. The molecule has 0 fully saturated rings. The van der Waals surface area contributed by atoms with Gasteiger partial charge in [0, 0.05) is 33.5 Å². The molecule has 3 heteroatoms. The van der Waals surface area contributed by atoms with Crippen LogP contribution in [0.25, 0.3) is 56.2 Å². The second kappa shape index (κ2) is 10.6. The van der Waals surface area contributed by atoms with E-state index in [2.05, 4.69) is 157 Å². The highest BCUT2D eigenvalue weighted by Gasteiger charge is 2.26. The van der Waals surface area contributed by atoms with Gasteiger partial charge in [-0.1, -0.05) is 127 Å². The van der Waals surface area contributed by atoms with Crippen LogP contribution >= 0.6 is 0 Å². The molecule has 202 valence electrons. The maximum absolute atomic E-state index is 5.11. The summed E-state index contributed by atoms with van der Waals surface area (Å²) in [6.07, 6.45) is 0. The summed E-state index contributed by atoms with van der Waals surface area (Å²) in [6.45, 7) is 0. The van der Waals surface area contributed by atoms with Gasteiger partial charge in [0.15, 0.2) is 5.82 Å². The van der Waals surface area contributed by atoms with Gasteiger partial charge in [-0.3, -0.25) is 0 Å². The first kappa shape index (κ1) is 25.0. The average Bonchev–Trinajstić information content (AvgIpc) is 3.21. The van der Waals surface area contributed by atoms with Crippen LogP contribution in [0, 0.1) is 0 Å². The molecule has 0 unspecified atom stereocenters. The Morgan fingerprint density at radius 3 is 1.42 bits per heavy atom. The van der Waals surface area contributed by atoms with Crippen LogP contribution in [0.2, 0.25) is 0 Å². The second-order valence-corrected chi connectivity index (χ2v) is 10.7. The largest absolute Gasteiger partial charge is 0.309 e. The molecule has 0 bridgehead atoms. The number of anilines is 3. The summed E-state index contributed by atoms with van der Waals surface area (Å²) in [5.41, 5.74) is 13.0. The van der Waals surface area contributed by atoms with Crippen molar-refractivity contribution in [2.24, 2.45) is 0 Å². The molecule has 0 N–H and O–H groups in total. The van der Waals surface area contributed by atoms with Gasteiger partial charge in [0.05, 0.1) is 22.8 Å². The molecular formula is C40H27N3. The van der Waals surface area contributed by atoms with E-state index in [9.17, 15) is 0 Å². The van der Waals surface area contributed by atoms with Gasteiger partial charge in [0.1, 0.15) is 0 Å². The molecule has 0 spiro atoms. The molecule has 0 aliphatic carbocycles. The van der Waals surface area contributed by atoms with Gasteiger partial charge in [0.25, 0.3) is 0 Å². The Kier molecular flexibility index (Phi) is 6.12. The first-order chi connectivity index (χ1) is 21.3. The number of hydrogen-bond donors (Lipinski definition) is 0. The maximum atomic E-state index is 5.11. The highest BCUT2D eigenvalue weighted by molar-refractivity contribution is 6.03. The van der Waals surface area contributed by atoms with Crippen LogP contribution in [-0.2, 0) is 0 Å². The number of rotatable bonds is 4. The molecule has 8 rings (SSSR count). The average molecular weight is 550 g/mol. The standard InChI is InChI=1S/C40H27N3/c1-4-14-28(15-5-1)36-27-37(29-16-6-2-7-17-29)42-40(41-36)30-24-25-32-33-20-10-12-22-38(33)43(31-18-8-3-9-19-31)39-23-13-11-21-34(39)35(32)26-30/h1-27H. The van der Waals surface area contributed by atoms with Crippen molar-refractivity contribution in [1.82, 2.24) is 9.97 Å². The molecule has 0 amide bonds. The molecule has 6 aromatic carbocycles. The third-order valence-electron chi connectivity index (χ3n) is 8.03. The lowest BCUT2D eigenvalue weighted by Gasteiger charge is -2.27. The number of benzene rings is 6. The fourth-order valence-corrected chi connectivity index (χ4v) is 6.01. The predicted octanol–water partition coefficient (Wildman–Crippen LogP) is 10.6. The van der Waals surface area contributed by atoms with E-state index in [4.69, 9.17) is 9.97 Å². The van der Waals surface area contributed by atoms with Crippen molar-refractivity contribution in [1.29, 1.82) is 0 Å². The maximum Gasteiger partial charge on any atom is 0.160 e. The summed E-state index contributed by atoms with van der Waals surface area (Å²) in [6, 6.07) is 57.3. The molecule has 0 saturated heterocycles. The normalized spacial score (nSPS) is 11.7. The van der Waals surface area contributed by atoms with Crippen molar-refractivity contribution in [3.8, 4) is 56.2 Å². The molecule has 1 aliphatic heterocycles. The van der Waals surface area contributed by atoms with Crippen LogP contribution in [0.15, 0.2) is 164 Å². The van der Waals surface area contributed by atoms with E-state index < -0.39 is 0 Å². The van der Waals surface area contributed by atoms with Crippen LogP contribution in [-0.4, -0.2) is 9.97 Å². The quantitative estimate of drug-likeness (QED) is 0.219. The summed E-state index contributed by atoms with van der Waals surface area (Å²) in [5.74, 6) is 0.706. The van der Waals surface area contributed by atoms with E-state index in [0.29, 0.717) is 5.82 Å². The number of fused-ring (bicyclic) bond motifs is 5. The zero-order valence-corrected chi connectivity index (χ0v) is 23.4. The summed E-state index contributed by atoms with van der Waals surface area (Å²) < 4.78 is 0. The predicted molar refractivity (Wildman–Crippen MR) is 177 cm³/mol. The molecular weight excluding hydrogens is 522 g/mol. The second-order valence-electron chi connectivity index (χ2n) is 10.7. The lowest BCUT2D eigenvalue weighted by atomic mass is 9.92. The monoisotopic (exact) mass is 549 g/mol. The Balaban J connectivity index is 1.36. The summed E-state index contributed by atoms with van der Waals surface area (Å²) in [7, 11) is 0. The molecule has 43 heavy (non-hydrogen) atoms. The van der Waals surface area contributed by atoms with E-state index >= 15 is 0 Å². The van der Waals surface area contributed by atoms with Crippen LogP contribution in [0.1, 0.15) is 0 Å². The molecule has 7 aromatic rings. The molecule has 3 nitrogen and oxygen atoms in total. The van der Waals surface area contributed by atoms with Gasteiger partial charge in [-0.2, -0.15) is 0 Å². The SMILES string of the molecule is c1ccc(-c2cc(-c3ccccc3)nc(-c3ccc4c(c3)-c3ccccc3N(c3ccccc3)c3ccccc3-4)n2)cc1. The smallest absolute Gasteiger partial charge is 0.160 e. The first-order valence-electron chi connectivity index (χ1n) is 14.5. The third-order valence-corrected chi connectivity index (χ3v) is 8.03. The van der Waals surface area contributed by atoms with E-state index in [1.54, 1.807) is 0 Å². The van der Waals surface area contributed by atoms with Crippen molar-refractivity contribution >= 4 is 17.1 Å². The van der Waals surface area contributed by atoms with Gasteiger partial charge >= 0.3 is 0 Å². The van der Waals surface area contributed by atoms with E-state index in [1.807, 2.05) is 12.1 Å². The Labute approximate surface area is 251 Å². The van der Waals surface area contributed by atoms with E-state index in [1.165, 1.54) is 16.7 Å². The molecule has 1 aliphatic rings. The third kappa shape index (κ3) is 4.48. The molecule has 0 radical (unpaired) electrons. The Morgan fingerprint density at radius 2 is 0.837 bits per heavy atom. The van der Waals surface area contributed by atoms with Gasteiger partial charge in [0.2, 0.25) is 0 Å². The van der Waals surface area contributed by atoms with Crippen LogP contribution < -0.4 is 4.90 Å². The highest BCUT2D eigenvalue weighted by atomic mass is 15.1. The lowest BCUT2D eigenvalue weighted by molar-refractivity contribution is 1.18. The Hall–Kier alpha value is -5.80. The van der Waals surface area contributed by atoms with Crippen molar-refractivity contribution in [2.75, 3.05) is 4.90 Å². The van der Waals surface area contributed by atoms with E-state index in [-0.39, 0.29) is 0 Å². The summed E-state index contributed by atoms with van der Waals surface area (Å²) >= 11 is 0.